The van der Waals surface area contributed by atoms with Crippen LogP contribution in [0.4, 0.5) is 13.2 Å². The van der Waals surface area contributed by atoms with Crippen LogP contribution in [0.25, 0.3) is 11.0 Å². The van der Waals surface area contributed by atoms with Gasteiger partial charge >= 0.3 is 6.18 Å². The van der Waals surface area contributed by atoms with Crippen LogP contribution in [-0.2, 0) is 6.18 Å². The molecule has 27 heavy (non-hydrogen) atoms. The summed E-state index contributed by atoms with van der Waals surface area (Å²) in [6.45, 7) is 4.91. The number of H-pyrrole nitrogens is 1. The van der Waals surface area contributed by atoms with Crippen molar-refractivity contribution in [2.75, 3.05) is 6.61 Å². The maximum absolute atomic E-state index is 12.8. The summed E-state index contributed by atoms with van der Waals surface area (Å²) in [6.07, 6.45) is -4.40. The molecule has 0 saturated carbocycles. The summed E-state index contributed by atoms with van der Waals surface area (Å²) in [5.41, 5.74) is 0.592. The largest absolute Gasteiger partial charge is 0.416 e. The third-order valence-corrected chi connectivity index (χ3v) is 4.53. The Kier molecular flexibility index (Phi) is 4.81. The second kappa shape index (κ2) is 6.80. The fraction of sp³-hybridized carbons (Fsp3) is 0.389. The Labute approximate surface area is 152 Å². The van der Waals surface area contributed by atoms with Gasteiger partial charge in [0.05, 0.1) is 23.9 Å². The molecule has 1 unspecified atom stereocenters. The van der Waals surface area contributed by atoms with Crippen molar-refractivity contribution in [1.82, 2.24) is 19.7 Å². The number of aliphatic hydroxyl groups excluding tert-OH is 1. The van der Waals surface area contributed by atoms with Crippen LogP contribution in [0.15, 0.2) is 29.1 Å². The van der Waals surface area contributed by atoms with Gasteiger partial charge in [0.2, 0.25) is 0 Å². The average Bonchev–Trinajstić information content (AvgIpc) is 2.99. The molecule has 0 aliphatic carbocycles. The molecule has 0 radical (unpaired) electrons. The lowest BCUT2D eigenvalue weighted by Crippen LogP contribution is -2.18. The highest BCUT2D eigenvalue weighted by Gasteiger charge is 2.30. The number of aromatic amines is 1. The molecule has 1 aromatic carbocycles. The predicted molar refractivity (Wildman–Crippen MR) is 93.6 cm³/mol. The molecule has 0 spiro atoms. The van der Waals surface area contributed by atoms with E-state index in [2.05, 4.69) is 15.1 Å². The normalized spacial score (nSPS) is 14.5. The molecule has 144 valence electrons. The zero-order valence-electron chi connectivity index (χ0n) is 15.0. The summed E-state index contributed by atoms with van der Waals surface area (Å²) in [6, 6.07) is 4.38. The van der Waals surface area contributed by atoms with E-state index in [1.807, 2.05) is 0 Å². The second-order valence-corrected chi connectivity index (χ2v) is 6.55. The molecule has 2 heterocycles. The number of benzene rings is 1. The quantitative estimate of drug-likeness (QED) is 0.728. The molecule has 0 bridgehead atoms. The molecule has 2 atom stereocenters. The van der Waals surface area contributed by atoms with Crippen LogP contribution < -0.4 is 5.56 Å². The van der Waals surface area contributed by atoms with Gasteiger partial charge < -0.3 is 10.1 Å². The van der Waals surface area contributed by atoms with Crippen LogP contribution in [0, 0.1) is 6.92 Å². The van der Waals surface area contributed by atoms with E-state index in [0.717, 1.165) is 12.1 Å². The highest BCUT2D eigenvalue weighted by Crippen LogP contribution is 2.33. The van der Waals surface area contributed by atoms with Gasteiger partial charge in [-0.1, -0.05) is 19.1 Å². The van der Waals surface area contributed by atoms with Gasteiger partial charge in [-0.15, -0.1) is 0 Å². The van der Waals surface area contributed by atoms with Crippen LogP contribution in [0.1, 0.15) is 48.5 Å². The van der Waals surface area contributed by atoms with Gasteiger partial charge in [-0.05, 0) is 31.5 Å². The van der Waals surface area contributed by atoms with E-state index in [4.69, 9.17) is 0 Å². The molecule has 3 aromatic rings. The van der Waals surface area contributed by atoms with Crippen LogP contribution in [0.3, 0.4) is 0 Å². The molecule has 2 aromatic heterocycles. The molecule has 9 heteroatoms. The number of alkyl halides is 3. The second-order valence-electron chi connectivity index (χ2n) is 6.55. The van der Waals surface area contributed by atoms with E-state index in [9.17, 15) is 23.1 Å². The molecule has 0 aliphatic rings. The summed E-state index contributed by atoms with van der Waals surface area (Å²) in [4.78, 5) is 19.4. The SMILES string of the molecule is Cc1nc2c(C(C)c3ccc(C(F)(F)F)cc3)nn([C@H](C)CO)c2c(=O)[nH]1. The standard InChI is InChI=1S/C18H19F3N4O2/c1-9(8-26)25-16-15(22-11(3)23-17(16)27)14(24-25)10(2)12-4-6-13(7-5-12)18(19,20)21/h4-7,9-10,26H,8H2,1-3H3,(H,22,23,27)/t9-,10?/m1/s1. The first-order valence-corrected chi connectivity index (χ1v) is 8.40. The minimum Gasteiger partial charge on any atom is -0.394 e. The number of hydrogen-bond acceptors (Lipinski definition) is 4. The zero-order valence-corrected chi connectivity index (χ0v) is 15.0. The topological polar surface area (TPSA) is 83.8 Å². The highest BCUT2D eigenvalue weighted by atomic mass is 19.4. The van der Waals surface area contributed by atoms with Crippen molar-refractivity contribution in [3.8, 4) is 0 Å². The third kappa shape index (κ3) is 3.46. The molecule has 6 nitrogen and oxygen atoms in total. The smallest absolute Gasteiger partial charge is 0.394 e. The van der Waals surface area contributed by atoms with Gasteiger partial charge in [0.25, 0.3) is 5.56 Å². The third-order valence-electron chi connectivity index (χ3n) is 4.53. The van der Waals surface area contributed by atoms with Gasteiger partial charge in [0.15, 0.2) is 5.52 Å². The fourth-order valence-corrected chi connectivity index (χ4v) is 2.99. The summed E-state index contributed by atoms with van der Waals surface area (Å²) in [5.74, 6) is 0.0141. The van der Waals surface area contributed by atoms with E-state index in [1.54, 1.807) is 20.8 Å². The number of aryl methyl sites for hydroxylation is 1. The molecule has 0 aliphatic heterocycles. The Morgan fingerprint density at radius 3 is 2.41 bits per heavy atom. The number of fused-ring (bicyclic) bond motifs is 1. The number of hydrogen-bond donors (Lipinski definition) is 2. The maximum atomic E-state index is 12.8. The summed E-state index contributed by atoms with van der Waals surface area (Å²) in [5, 5.41) is 13.9. The van der Waals surface area contributed by atoms with E-state index in [0.29, 0.717) is 22.6 Å². The Morgan fingerprint density at radius 1 is 1.22 bits per heavy atom. The zero-order chi connectivity index (χ0) is 19.9. The molecular formula is C18H19F3N4O2. The number of nitrogens with zero attached hydrogens (tertiary/aromatic N) is 3. The molecule has 0 saturated heterocycles. The lowest BCUT2D eigenvalue weighted by atomic mass is 9.96. The van der Waals surface area contributed by atoms with Gasteiger partial charge in [-0.3, -0.25) is 9.48 Å². The van der Waals surface area contributed by atoms with E-state index >= 15 is 0 Å². The first-order valence-electron chi connectivity index (χ1n) is 8.40. The number of rotatable bonds is 4. The van der Waals surface area contributed by atoms with Gasteiger partial charge in [0, 0.05) is 5.92 Å². The Hall–Kier alpha value is -2.68. The summed E-state index contributed by atoms with van der Waals surface area (Å²) < 4.78 is 39.8. The summed E-state index contributed by atoms with van der Waals surface area (Å²) >= 11 is 0. The minimum atomic E-state index is -4.40. The van der Waals surface area contributed by atoms with E-state index < -0.39 is 23.7 Å². The van der Waals surface area contributed by atoms with Crippen molar-refractivity contribution in [3.63, 3.8) is 0 Å². The Bertz CT molecular complexity index is 1020. The lowest BCUT2D eigenvalue weighted by molar-refractivity contribution is -0.137. The van der Waals surface area contributed by atoms with Crippen molar-refractivity contribution in [3.05, 3.63) is 57.3 Å². The van der Waals surface area contributed by atoms with Crippen molar-refractivity contribution < 1.29 is 18.3 Å². The molecule has 3 rings (SSSR count). The molecule has 0 amide bonds. The van der Waals surface area contributed by atoms with Crippen LogP contribution in [0.2, 0.25) is 0 Å². The van der Waals surface area contributed by atoms with Crippen molar-refractivity contribution in [1.29, 1.82) is 0 Å². The number of aromatic nitrogens is 4. The predicted octanol–water partition coefficient (Wildman–Crippen LogP) is 3.15. The van der Waals surface area contributed by atoms with Gasteiger partial charge in [-0.2, -0.15) is 18.3 Å². The fourth-order valence-electron chi connectivity index (χ4n) is 2.99. The van der Waals surface area contributed by atoms with Crippen molar-refractivity contribution >= 4 is 11.0 Å². The minimum absolute atomic E-state index is 0.224. The maximum Gasteiger partial charge on any atom is 0.416 e. The average molecular weight is 380 g/mol. The Balaban J connectivity index is 2.14. The monoisotopic (exact) mass is 380 g/mol. The Morgan fingerprint density at radius 2 is 1.85 bits per heavy atom. The van der Waals surface area contributed by atoms with Crippen molar-refractivity contribution in [2.24, 2.45) is 0 Å². The molecule has 2 N–H and O–H groups in total. The highest BCUT2D eigenvalue weighted by molar-refractivity contribution is 5.78. The summed E-state index contributed by atoms with van der Waals surface area (Å²) in [7, 11) is 0. The number of halogens is 3. The molecular weight excluding hydrogens is 361 g/mol. The first-order chi connectivity index (χ1) is 12.6. The van der Waals surface area contributed by atoms with Crippen LogP contribution in [0.5, 0.6) is 0 Å². The van der Waals surface area contributed by atoms with Gasteiger partial charge in [-0.25, -0.2) is 4.98 Å². The van der Waals surface area contributed by atoms with Gasteiger partial charge in [0.1, 0.15) is 11.3 Å². The van der Waals surface area contributed by atoms with E-state index in [-0.39, 0.29) is 17.7 Å². The number of nitrogens with one attached hydrogen (secondary N) is 1. The lowest BCUT2D eigenvalue weighted by Gasteiger charge is -2.12. The first kappa shape index (κ1) is 19.1. The van der Waals surface area contributed by atoms with E-state index in [1.165, 1.54) is 16.8 Å². The molecule has 0 fully saturated rings. The van der Waals surface area contributed by atoms with Crippen LogP contribution in [-0.4, -0.2) is 31.5 Å². The number of aliphatic hydroxyl groups is 1. The van der Waals surface area contributed by atoms with Crippen molar-refractivity contribution in [2.45, 2.75) is 38.9 Å². The van der Waals surface area contributed by atoms with Crippen LogP contribution >= 0.6 is 0 Å².